The molecule has 17 heavy (non-hydrogen) atoms. The number of amides is 1. The maximum atomic E-state index is 11.9. The van der Waals surface area contributed by atoms with Gasteiger partial charge in [-0.05, 0) is 37.9 Å². The van der Waals surface area contributed by atoms with Crippen LogP contribution in [0.3, 0.4) is 0 Å². The third kappa shape index (κ3) is 2.74. The summed E-state index contributed by atoms with van der Waals surface area (Å²) in [6, 6.07) is 7.64. The Morgan fingerprint density at radius 2 is 2.00 bits per heavy atom. The summed E-state index contributed by atoms with van der Waals surface area (Å²) in [4.78, 5) is 15.3. The van der Waals surface area contributed by atoms with Crippen molar-refractivity contribution in [3.63, 3.8) is 0 Å². The molecule has 2 rings (SSSR count). The summed E-state index contributed by atoms with van der Waals surface area (Å²) in [7, 11) is 0. The molecule has 1 aliphatic rings. The summed E-state index contributed by atoms with van der Waals surface area (Å²) in [6.45, 7) is 3.78. The highest BCUT2D eigenvalue weighted by atomic mass is 35.5. The van der Waals surface area contributed by atoms with E-state index in [1.165, 1.54) is 16.5 Å². The Kier molecular flexibility index (Phi) is 3.61. The van der Waals surface area contributed by atoms with Gasteiger partial charge >= 0.3 is 0 Å². The summed E-state index contributed by atoms with van der Waals surface area (Å²) < 4.78 is 1.30. The summed E-state index contributed by atoms with van der Waals surface area (Å²) in [6.07, 6.45) is 0. The lowest BCUT2D eigenvalue weighted by molar-refractivity contribution is -0.112. The van der Waals surface area contributed by atoms with Gasteiger partial charge in [0.1, 0.15) is 4.91 Å². The summed E-state index contributed by atoms with van der Waals surface area (Å²) in [5, 5.41) is 2.82. The van der Waals surface area contributed by atoms with Crippen molar-refractivity contribution in [2.45, 2.75) is 13.8 Å². The Hall–Kier alpha value is -1.17. The number of carbonyl (C=O) groups is 1. The van der Waals surface area contributed by atoms with E-state index in [1.54, 1.807) is 6.92 Å². The van der Waals surface area contributed by atoms with Gasteiger partial charge in [0.05, 0.1) is 5.70 Å². The first-order valence-corrected chi connectivity index (χ1v) is 6.20. The van der Waals surface area contributed by atoms with Crippen LogP contribution in [0, 0.1) is 6.92 Å². The van der Waals surface area contributed by atoms with Crippen LogP contribution in [0.15, 0.2) is 34.9 Å². The normalized spacial score (nSPS) is 15.4. The van der Waals surface area contributed by atoms with E-state index < -0.39 is 0 Å². The van der Waals surface area contributed by atoms with Crippen molar-refractivity contribution in [3.8, 4) is 0 Å². The fourth-order valence-electron chi connectivity index (χ4n) is 1.35. The fourth-order valence-corrected chi connectivity index (χ4v) is 2.28. The lowest BCUT2D eigenvalue weighted by Gasteiger charge is -2.06. The lowest BCUT2D eigenvalue weighted by atomic mass is 10.2. The van der Waals surface area contributed by atoms with Crippen LogP contribution >= 0.6 is 23.7 Å². The Morgan fingerprint density at radius 3 is 2.53 bits per heavy atom. The molecule has 1 aromatic rings. The molecule has 0 aromatic heterocycles. The van der Waals surface area contributed by atoms with Crippen LogP contribution in [0.5, 0.6) is 0 Å². The average molecular weight is 270 g/mol. The van der Waals surface area contributed by atoms with E-state index in [9.17, 15) is 4.79 Å². The number of hydrogen-bond acceptors (Lipinski definition) is 4. The highest BCUT2D eigenvalue weighted by Crippen LogP contribution is 2.29. The second-order valence-corrected chi connectivity index (χ2v) is 4.84. The molecule has 0 aliphatic carbocycles. The standard InChI is InChI=1S/C11H12ClN3OS/c1-7-3-5-9(6-4-7)13-11(16)10-8(2)15(12)14-17-10/h3-6,14H,1-2H3,(H,13,16). The number of allylic oxidation sites excluding steroid dienone is 1. The number of hydrazine groups is 1. The number of aryl methyl sites for hydroxylation is 1. The highest BCUT2D eigenvalue weighted by molar-refractivity contribution is 8.02. The molecular weight excluding hydrogens is 258 g/mol. The lowest BCUT2D eigenvalue weighted by Crippen LogP contribution is -2.15. The van der Waals surface area contributed by atoms with Gasteiger partial charge in [-0.25, -0.2) is 4.53 Å². The number of halogens is 1. The van der Waals surface area contributed by atoms with Gasteiger partial charge in [-0.1, -0.05) is 17.7 Å². The molecule has 0 radical (unpaired) electrons. The number of nitrogens with one attached hydrogen (secondary N) is 2. The van der Waals surface area contributed by atoms with Crippen LogP contribution in [0.4, 0.5) is 5.69 Å². The quantitative estimate of drug-likeness (QED) is 0.640. The Bertz CT molecular complexity index is 472. The summed E-state index contributed by atoms with van der Waals surface area (Å²) in [5.74, 6) is -0.160. The van der Waals surface area contributed by atoms with Crippen LogP contribution in [-0.2, 0) is 4.79 Å². The minimum Gasteiger partial charge on any atom is -0.321 e. The van der Waals surface area contributed by atoms with E-state index in [2.05, 4.69) is 10.1 Å². The zero-order valence-electron chi connectivity index (χ0n) is 9.45. The van der Waals surface area contributed by atoms with Crippen molar-refractivity contribution < 1.29 is 4.79 Å². The fraction of sp³-hybridized carbons (Fsp3) is 0.182. The van der Waals surface area contributed by atoms with Crippen molar-refractivity contribution in [2.75, 3.05) is 5.32 Å². The van der Waals surface area contributed by atoms with Crippen molar-refractivity contribution in [2.24, 2.45) is 0 Å². The largest absolute Gasteiger partial charge is 0.321 e. The number of anilines is 1. The Balaban J connectivity index is 2.10. The van der Waals surface area contributed by atoms with Gasteiger partial charge in [-0.2, -0.15) is 4.83 Å². The molecule has 1 amide bonds. The molecule has 1 heterocycles. The monoisotopic (exact) mass is 269 g/mol. The first kappa shape index (κ1) is 12.3. The topological polar surface area (TPSA) is 44.4 Å². The second-order valence-electron chi connectivity index (χ2n) is 3.71. The minimum atomic E-state index is -0.160. The number of hydrogen-bond donors (Lipinski definition) is 2. The molecule has 1 aliphatic heterocycles. The molecule has 0 spiro atoms. The van der Waals surface area contributed by atoms with Crippen molar-refractivity contribution in [1.82, 2.24) is 9.36 Å². The third-order valence-corrected chi connectivity index (χ3v) is 3.76. The molecule has 0 saturated heterocycles. The molecule has 6 heteroatoms. The van der Waals surface area contributed by atoms with Gasteiger partial charge in [0.2, 0.25) is 0 Å². The Morgan fingerprint density at radius 1 is 1.35 bits per heavy atom. The number of carbonyl (C=O) groups excluding carboxylic acids is 1. The van der Waals surface area contributed by atoms with Gasteiger partial charge in [0.25, 0.3) is 5.91 Å². The SMILES string of the molecule is CC1=C(C(=O)Nc2ccc(C)cc2)SNN1Cl. The van der Waals surface area contributed by atoms with E-state index in [4.69, 9.17) is 11.8 Å². The van der Waals surface area contributed by atoms with Crippen LogP contribution in [0.25, 0.3) is 0 Å². The van der Waals surface area contributed by atoms with Gasteiger partial charge < -0.3 is 5.32 Å². The first-order valence-electron chi connectivity index (χ1n) is 5.05. The number of nitrogens with zero attached hydrogens (tertiary/aromatic N) is 1. The number of benzene rings is 1. The van der Waals surface area contributed by atoms with E-state index in [0.717, 1.165) is 11.3 Å². The van der Waals surface area contributed by atoms with E-state index >= 15 is 0 Å². The molecule has 0 atom stereocenters. The van der Waals surface area contributed by atoms with Gasteiger partial charge in [0, 0.05) is 17.5 Å². The van der Waals surface area contributed by atoms with Crippen molar-refractivity contribution in [1.29, 1.82) is 0 Å². The third-order valence-electron chi connectivity index (χ3n) is 2.37. The zero-order valence-corrected chi connectivity index (χ0v) is 11.0. The summed E-state index contributed by atoms with van der Waals surface area (Å²) >= 11 is 6.99. The van der Waals surface area contributed by atoms with E-state index in [1.807, 2.05) is 31.2 Å². The molecule has 0 bridgehead atoms. The van der Waals surface area contributed by atoms with Crippen LogP contribution in [-0.4, -0.2) is 10.4 Å². The minimum absolute atomic E-state index is 0.160. The van der Waals surface area contributed by atoms with Crippen LogP contribution in [0.1, 0.15) is 12.5 Å². The second kappa shape index (κ2) is 5.00. The molecule has 0 saturated carbocycles. The maximum Gasteiger partial charge on any atom is 0.265 e. The predicted molar refractivity (Wildman–Crippen MR) is 70.9 cm³/mol. The van der Waals surface area contributed by atoms with Crippen LogP contribution < -0.4 is 10.1 Å². The first-order chi connectivity index (χ1) is 8.08. The predicted octanol–water partition coefficient (Wildman–Crippen LogP) is 2.79. The molecule has 1 aromatic carbocycles. The molecule has 0 fully saturated rings. The van der Waals surface area contributed by atoms with Crippen molar-refractivity contribution >= 4 is 35.3 Å². The smallest absolute Gasteiger partial charge is 0.265 e. The van der Waals surface area contributed by atoms with E-state index in [0.29, 0.717) is 10.6 Å². The van der Waals surface area contributed by atoms with Gasteiger partial charge in [-0.3, -0.25) is 4.79 Å². The molecule has 4 nitrogen and oxygen atoms in total. The van der Waals surface area contributed by atoms with Crippen molar-refractivity contribution in [3.05, 3.63) is 40.4 Å². The van der Waals surface area contributed by atoms with Gasteiger partial charge in [-0.15, -0.1) is 0 Å². The van der Waals surface area contributed by atoms with E-state index in [-0.39, 0.29) is 5.91 Å². The summed E-state index contributed by atoms with van der Waals surface area (Å²) in [5.41, 5.74) is 2.62. The molecule has 90 valence electrons. The van der Waals surface area contributed by atoms with Crippen LogP contribution in [0.2, 0.25) is 0 Å². The number of rotatable bonds is 2. The molecule has 2 N–H and O–H groups in total. The van der Waals surface area contributed by atoms with Gasteiger partial charge in [0.15, 0.2) is 0 Å². The Labute approximate surface area is 109 Å². The maximum absolute atomic E-state index is 11.9. The molecule has 0 unspecified atom stereocenters. The highest BCUT2D eigenvalue weighted by Gasteiger charge is 2.24. The zero-order chi connectivity index (χ0) is 12.4. The average Bonchev–Trinajstić information content (AvgIpc) is 2.63. The molecular formula is C11H12ClN3OS.